The number of hydrogen-bond acceptors (Lipinski definition) is 3. The Kier molecular flexibility index (Phi) is 2.23. The predicted octanol–water partition coefficient (Wildman–Crippen LogP) is 2.51. The lowest BCUT2D eigenvalue weighted by molar-refractivity contribution is -0.384. The highest BCUT2D eigenvalue weighted by Gasteiger charge is 2.13. The van der Waals surface area contributed by atoms with E-state index in [0.717, 1.165) is 22.2 Å². The number of aryl methyl sites for hydroxylation is 1. The third kappa shape index (κ3) is 1.46. The number of benzene rings is 1. The molecular weight excluding hydrogens is 206 g/mol. The summed E-state index contributed by atoms with van der Waals surface area (Å²) in [5.74, 6) is 0. The molecule has 0 radical (unpaired) electrons. The van der Waals surface area contributed by atoms with E-state index in [1.807, 2.05) is 6.92 Å². The van der Waals surface area contributed by atoms with Crippen LogP contribution in [-0.4, -0.2) is 14.7 Å². The lowest BCUT2D eigenvalue weighted by atomic mass is 10.1. The highest BCUT2D eigenvalue weighted by Crippen LogP contribution is 2.26. The van der Waals surface area contributed by atoms with E-state index < -0.39 is 4.92 Å². The molecule has 1 aromatic heterocycles. The highest BCUT2D eigenvalue weighted by molar-refractivity contribution is 5.91. The molecule has 2 aromatic rings. The second-order valence-electron chi connectivity index (χ2n) is 3.71. The fourth-order valence-corrected chi connectivity index (χ4v) is 1.67. The lowest BCUT2D eigenvalue weighted by Gasteiger charge is -1.95. The summed E-state index contributed by atoms with van der Waals surface area (Å²) in [6, 6.07) is 4.72. The SMILES string of the molecule is C=C(C)c1nn(C)c2cc([N+](=O)[O-])ccc12. The average Bonchev–Trinajstić information content (AvgIpc) is 2.56. The van der Waals surface area contributed by atoms with Gasteiger partial charge in [0.1, 0.15) is 0 Å². The second-order valence-corrected chi connectivity index (χ2v) is 3.71. The van der Waals surface area contributed by atoms with Crippen molar-refractivity contribution in [1.29, 1.82) is 0 Å². The van der Waals surface area contributed by atoms with Crippen LogP contribution < -0.4 is 0 Å². The van der Waals surface area contributed by atoms with Gasteiger partial charge < -0.3 is 0 Å². The van der Waals surface area contributed by atoms with Gasteiger partial charge in [0.2, 0.25) is 0 Å². The molecule has 0 amide bonds. The van der Waals surface area contributed by atoms with Crippen molar-refractivity contribution in [3.63, 3.8) is 0 Å². The normalized spacial score (nSPS) is 10.6. The van der Waals surface area contributed by atoms with Crippen LogP contribution in [0.1, 0.15) is 12.6 Å². The van der Waals surface area contributed by atoms with Gasteiger partial charge in [0.05, 0.1) is 16.1 Å². The summed E-state index contributed by atoms with van der Waals surface area (Å²) in [6.07, 6.45) is 0. The zero-order valence-electron chi connectivity index (χ0n) is 9.10. The molecule has 0 unspecified atom stereocenters. The minimum absolute atomic E-state index is 0.0729. The molecule has 0 bridgehead atoms. The molecule has 0 spiro atoms. The van der Waals surface area contributed by atoms with E-state index in [0.29, 0.717) is 0 Å². The number of allylic oxidation sites excluding steroid dienone is 1. The summed E-state index contributed by atoms with van der Waals surface area (Å²) >= 11 is 0. The molecule has 0 aliphatic carbocycles. The quantitative estimate of drug-likeness (QED) is 0.573. The Morgan fingerprint density at radius 3 is 2.81 bits per heavy atom. The topological polar surface area (TPSA) is 61.0 Å². The third-order valence-corrected chi connectivity index (χ3v) is 2.45. The van der Waals surface area contributed by atoms with Gasteiger partial charge in [0.25, 0.3) is 5.69 Å². The summed E-state index contributed by atoms with van der Waals surface area (Å²) in [7, 11) is 1.76. The molecule has 82 valence electrons. The number of nitrogens with zero attached hydrogens (tertiary/aromatic N) is 3. The van der Waals surface area contributed by atoms with Crippen molar-refractivity contribution in [3.8, 4) is 0 Å². The molecule has 16 heavy (non-hydrogen) atoms. The van der Waals surface area contributed by atoms with E-state index in [1.165, 1.54) is 12.1 Å². The summed E-state index contributed by atoms with van der Waals surface area (Å²) in [5, 5.41) is 15.8. The Morgan fingerprint density at radius 1 is 1.56 bits per heavy atom. The van der Waals surface area contributed by atoms with E-state index in [2.05, 4.69) is 11.7 Å². The molecule has 0 fully saturated rings. The highest BCUT2D eigenvalue weighted by atomic mass is 16.6. The fourth-order valence-electron chi connectivity index (χ4n) is 1.67. The van der Waals surface area contributed by atoms with Crippen molar-refractivity contribution in [1.82, 2.24) is 9.78 Å². The van der Waals surface area contributed by atoms with Gasteiger partial charge >= 0.3 is 0 Å². The van der Waals surface area contributed by atoms with Crippen LogP contribution in [0.4, 0.5) is 5.69 Å². The van der Waals surface area contributed by atoms with Crippen molar-refractivity contribution in [3.05, 3.63) is 40.6 Å². The fraction of sp³-hybridized carbons (Fsp3) is 0.182. The van der Waals surface area contributed by atoms with Crippen LogP contribution in [0.25, 0.3) is 16.5 Å². The molecule has 0 aliphatic rings. The molecular formula is C11H11N3O2. The maximum Gasteiger partial charge on any atom is 0.271 e. The van der Waals surface area contributed by atoms with E-state index in [9.17, 15) is 10.1 Å². The number of non-ortho nitro benzene ring substituents is 1. The van der Waals surface area contributed by atoms with Gasteiger partial charge in [-0.1, -0.05) is 6.58 Å². The van der Waals surface area contributed by atoms with E-state index >= 15 is 0 Å². The molecule has 0 N–H and O–H groups in total. The van der Waals surface area contributed by atoms with Crippen molar-refractivity contribution < 1.29 is 4.92 Å². The van der Waals surface area contributed by atoms with Crippen molar-refractivity contribution >= 4 is 22.2 Å². The van der Waals surface area contributed by atoms with Gasteiger partial charge in [-0.25, -0.2) is 0 Å². The van der Waals surface area contributed by atoms with Crippen LogP contribution in [0.3, 0.4) is 0 Å². The molecule has 1 aromatic carbocycles. The van der Waals surface area contributed by atoms with Crippen LogP contribution in [0.5, 0.6) is 0 Å². The molecule has 0 saturated carbocycles. The number of nitro groups is 1. The van der Waals surface area contributed by atoms with Gasteiger partial charge in [-0.15, -0.1) is 0 Å². The molecule has 1 heterocycles. The largest absolute Gasteiger partial charge is 0.271 e. The zero-order chi connectivity index (χ0) is 11.9. The van der Waals surface area contributed by atoms with Crippen LogP contribution >= 0.6 is 0 Å². The Morgan fingerprint density at radius 2 is 2.25 bits per heavy atom. The Bertz CT molecular complexity index is 599. The van der Waals surface area contributed by atoms with Gasteiger partial charge in [-0.05, 0) is 18.6 Å². The number of hydrogen-bond donors (Lipinski definition) is 0. The van der Waals surface area contributed by atoms with Crippen molar-refractivity contribution in [2.75, 3.05) is 0 Å². The average molecular weight is 217 g/mol. The summed E-state index contributed by atoms with van der Waals surface area (Å²) in [4.78, 5) is 10.2. The molecule has 0 atom stereocenters. The maximum atomic E-state index is 10.7. The number of aromatic nitrogens is 2. The van der Waals surface area contributed by atoms with Crippen LogP contribution in [0.15, 0.2) is 24.8 Å². The third-order valence-electron chi connectivity index (χ3n) is 2.45. The van der Waals surface area contributed by atoms with Gasteiger partial charge in [0, 0.05) is 24.6 Å². The molecule has 5 nitrogen and oxygen atoms in total. The first-order valence-corrected chi connectivity index (χ1v) is 4.77. The van der Waals surface area contributed by atoms with Crippen LogP contribution in [0, 0.1) is 10.1 Å². The smallest absolute Gasteiger partial charge is 0.267 e. The Hall–Kier alpha value is -2.17. The first-order chi connectivity index (χ1) is 7.50. The number of rotatable bonds is 2. The minimum atomic E-state index is -0.410. The monoisotopic (exact) mass is 217 g/mol. The van der Waals surface area contributed by atoms with E-state index in [4.69, 9.17) is 0 Å². The van der Waals surface area contributed by atoms with E-state index in [1.54, 1.807) is 17.8 Å². The predicted molar refractivity (Wildman–Crippen MR) is 62.1 cm³/mol. The first kappa shape index (κ1) is 10.4. The van der Waals surface area contributed by atoms with Gasteiger partial charge in [-0.3, -0.25) is 14.8 Å². The minimum Gasteiger partial charge on any atom is -0.267 e. The maximum absolute atomic E-state index is 10.7. The first-order valence-electron chi connectivity index (χ1n) is 4.77. The molecule has 2 rings (SSSR count). The van der Waals surface area contributed by atoms with E-state index in [-0.39, 0.29) is 5.69 Å². The summed E-state index contributed by atoms with van der Waals surface area (Å²) in [6.45, 7) is 5.70. The van der Waals surface area contributed by atoms with Crippen LogP contribution in [-0.2, 0) is 7.05 Å². The second kappa shape index (κ2) is 3.44. The molecule has 5 heteroatoms. The lowest BCUT2D eigenvalue weighted by Crippen LogP contribution is -1.91. The zero-order valence-corrected chi connectivity index (χ0v) is 9.10. The molecule has 0 aliphatic heterocycles. The Labute approximate surface area is 92.1 Å². The summed E-state index contributed by atoms with van der Waals surface area (Å²) < 4.78 is 1.63. The number of fused-ring (bicyclic) bond motifs is 1. The number of nitro benzene ring substituents is 1. The van der Waals surface area contributed by atoms with Crippen LogP contribution in [0.2, 0.25) is 0 Å². The van der Waals surface area contributed by atoms with Crippen molar-refractivity contribution in [2.45, 2.75) is 6.92 Å². The van der Waals surface area contributed by atoms with Crippen molar-refractivity contribution in [2.24, 2.45) is 7.05 Å². The Balaban J connectivity index is 2.76. The van der Waals surface area contributed by atoms with Gasteiger partial charge in [-0.2, -0.15) is 5.10 Å². The summed E-state index contributed by atoms with van der Waals surface area (Å²) in [5.41, 5.74) is 2.45. The molecule has 0 saturated heterocycles. The van der Waals surface area contributed by atoms with Gasteiger partial charge in [0.15, 0.2) is 0 Å². The standard InChI is InChI=1S/C11H11N3O2/c1-7(2)11-9-5-4-8(14(15)16)6-10(9)13(3)12-11/h4-6H,1H2,2-3H3.